The predicted octanol–water partition coefficient (Wildman–Crippen LogP) is 2.04. The minimum Gasteiger partial charge on any atom is -0.481 e. The number of likely N-dealkylation sites (tertiary alicyclic amines) is 1. The second-order valence-electron chi connectivity index (χ2n) is 6.39. The molecule has 0 bridgehead atoms. The summed E-state index contributed by atoms with van der Waals surface area (Å²) in [6.07, 6.45) is 5.93. The van der Waals surface area contributed by atoms with Crippen LogP contribution in [-0.4, -0.2) is 40.1 Å². The Kier molecular flexibility index (Phi) is 3.76. The lowest BCUT2D eigenvalue weighted by atomic mass is 9.81. The van der Waals surface area contributed by atoms with Crippen molar-refractivity contribution in [2.45, 2.75) is 32.2 Å². The van der Waals surface area contributed by atoms with Crippen LogP contribution >= 0.6 is 0 Å². The summed E-state index contributed by atoms with van der Waals surface area (Å²) in [7, 11) is 0. The van der Waals surface area contributed by atoms with E-state index >= 15 is 0 Å². The largest absolute Gasteiger partial charge is 0.481 e. The van der Waals surface area contributed by atoms with E-state index in [1.165, 1.54) is 0 Å². The van der Waals surface area contributed by atoms with Crippen LogP contribution in [0.3, 0.4) is 0 Å². The maximum absolute atomic E-state index is 12.4. The maximum Gasteiger partial charge on any atom is 0.317 e. The van der Waals surface area contributed by atoms with E-state index in [4.69, 9.17) is 0 Å². The van der Waals surface area contributed by atoms with Crippen molar-refractivity contribution in [2.75, 3.05) is 13.1 Å². The van der Waals surface area contributed by atoms with E-state index < -0.39 is 11.4 Å². The first-order valence-corrected chi connectivity index (χ1v) is 7.72. The molecule has 1 saturated heterocycles. The summed E-state index contributed by atoms with van der Waals surface area (Å²) in [6, 6.07) is 3.40. The Morgan fingerprint density at radius 1 is 1.55 bits per heavy atom. The molecule has 2 N–H and O–H groups in total. The summed E-state index contributed by atoms with van der Waals surface area (Å²) in [4.78, 5) is 29.8. The van der Waals surface area contributed by atoms with Gasteiger partial charge in [0.25, 0.3) is 0 Å². The number of fused-ring (bicyclic) bond motifs is 1. The summed E-state index contributed by atoms with van der Waals surface area (Å²) in [6.45, 7) is 2.76. The van der Waals surface area contributed by atoms with E-state index in [2.05, 4.69) is 10.3 Å². The Labute approximate surface area is 129 Å². The second kappa shape index (κ2) is 5.59. The first-order chi connectivity index (χ1) is 10.5. The van der Waals surface area contributed by atoms with Crippen LogP contribution in [0.4, 0.5) is 4.79 Å². The van der Waals surface area contributed by atoms with Gasteiger partial charge in [0.15, 0.2) is 0 Å². The molecule has 0 spiro atoms. The van der Waals surface area contributed by atoms with Gasteiger partial charge in [-0.15, -0.1) is 0 Å². The summed E-state index contributed by atoms with van der Waals surface area (Å²) >= 11 is 0. The van der Waals surface area contributed by atoms with E-state index in [1.54, 1.807) is 17.3 Å². The molecule has 3 rings (SSSR count). The number of carboxylic acids is 1. The third-order valence-corrected chi connectivity index (χ3v) is 5.11. The lowest BCUT2D eigenvalue weighted by Gasteiger charge is -2.24. The first kappa shape index (κ1) is 14.8. The van der Waals surface area contributed by atoms with Crippen molar-refractivity contribution in [3.05, 3.63) is 30.1 Å². The Bertz CT molecular complexity index is 577. The van der Waals surface area contributed by atoms with Gasteiger partial charge in [0, 0.05) is 25.5 Å². The molecule has 1 aromatic rings. The molecule has 2 amide bonds. The second-order valence-corrected chi connectivity index (χ2v) is 6.39. The number of pyridine rings is 1. The molecule has 6 nitrogen and oxygen atoms in total. The number of carboxylic acid groups (broad SMARTS) is 1. The average molecular weight is 303 g/mol. The van der Waals surface area contributed by atoms with Crippen LogP contribution in [0.2, 0.25) is 0 Å². The Balaban J connectivity index is 1.66. The van der Waals surface area contributed by atoms with E-state index in [0.29, 0.717) is 19.5 Å². The zero-order chi connectivity index (χ0) is 15.7. The molecular weight excluding hydrogens is 282 g/mol. The number of rotatable bonds is 3. The fourth-order valence-corrected chi connectivity index (χ4v) is 3.79. The molecule has 6 heteroatoms. The fraction of sp³-hybridized carbons (Fsp3) is 0.562. The average Bonchev–Trinajstić information content (AvgIpc) is 3.06. The number of aromatic nitrogens is 1. The number of hydrogen-bond donors (Lipinski definition) is 2. The van der Waals surface area contributed by atoms with Gasteiger partial charge in [0.2, 0.25) is 0 Å². The van der Waals surface area contributed by atoms with Crippen molar-refractivity contribution in [3.63, 3.8) is 0 Å². The fourth-order valence-electron chi connectivity index (χ4n) is 3.79. The highest BCUT2D eigenvalue weighted by atomic mass is 16.4. The zero-order valence-electron chi connectivity index (χ0n) is 12.7. The van der Waals surface area contributed by atoms with Crippen LogP contribution in [0, 0.1) is 11.3 Å². The molecule has 118 valence electrons. The molecule has 1 aliphatic carbocycles. The van der Waals surface area contributed by atoms with Crippen molar-refractivity contribution in [2.24, 2.45) is 11.3 Å². The van der Waals surface area contributed by atoms with Gasteiger partial charge in [-0.2, -0.15) is 0 Å². The molecule has 2 aliphatic rings. The van der Waals surface area contributed by atoms with E-state index in [1.807, 2.05) is 19.1 Å². The van der Waals surface area contributed by atoms with Crippen LogP contribution in [-0.2, 0) is 4.79 Å². The zero-order valence-corrected chi connectivity index (χ0v) is 12.7. The SMILES string of the molecule is CC(NC(=O)N1C[C@@H]2CCC[C@@]2(C(=O)O)C1)c1cccnc1. The number of nitrogens with one attached hydrogen (secondary N) is 1. The number of carbonyl (C=O) groups excluding carboxylic acids is 1. The highest BCUT2D eigenvalue weighted by Crippen LogP contribution is 2.48. The number of amides is 2. The van der Waals surface area contributed by atoms with Crippen LogP contribution < -0.4 is 5.32 Å². The molecule has 2 fully saturated rings. The summed E-state index contributed by atoms with van der Waals surface area (Å²) in [5.41, 5.74) is 0.206. The van der Waals surface area contributed by atoms with Crippen molar-refractivity contribution < 1.29 is 14.7 Å². The van der Waals surface area contributed by atoms with Crippen LogP contribution in [0.15, 0.2) is 24.5 Å². The van der Waals surface area contributed by atoms with E-state index in [0.717, 1.165) is 18.4 Å². The van der Waals surface area contributed by atoms with Crippen molar-refractivity contribution in [1.29, 1.82) is 0 Å². The van der Waals surface area contributed by atoms with Crippen LogP contribution in [0.25, 0.3) is 0 Å². The van der Waals surface area contributed by atoms with Crippen molar-refractivity contribution in [3.8, 4) is 0 Å². The summed E-state index contributed by atoms with van der Waals surface area (Å²) in [5.74, 6) is -0.671. The van der Waals surface area contributed by atoms with Crippen molar-refractivity contribution in [1.82, 2.24) is 15.2 Å². The number of urea groups is 1. The van der Waals surface area contributed by atoms with Gasteiger partial charge in [0.1, 0.15) is 0 Å². The van der Waals surface area contributed by atoms with Crippen LogP contribution in [0.1, 0.15) is 37.8 Å². The quantitative estimate of drug-likeness (QED) is 0.895. The molecule has 3 atom stereocenters. The van der Waals surface area contributed by atoms with Gasteiger partial charge in [-0.1, -0.05) is 12.5 Å². The molecule has 0 aromatic carbocycles. The maximum atomic E-state index is 12.4. The van der Waals surface area contributed by atoms with Gasteiger partial charge in [-0.25, -0.2) is 4.79 Å². The monoisotopic (exact) mass is 303 g/mol. The smallest absolute Gasteiger partial charge is 0.317 e. The normalized spacial score (nSPS) is 28.2. The molecule has 1 unspecified atom stereocenters. The molecule has 0 radical (unpaired) electrons. The minimum atomic E-state index is -0.759. The lowest BCUT2D eigenvalue weighted by Crippen LogP contribution is -2.42. The topological polar surface area (TPSA) is 82.5 Å². The molecule has 22 heavy (non-hydrogen) atoms. The standard InChI is InChI=1S/C16H21N3O3/c1-11(12-4-3-7-17-8-12)18-15(22)19-9-13-5-2-6-16(13,10-19)14(20)21/h3-4,7-8,11,13H,2,5-6,9-10H2,1H3,(H,18,22)(H,20,21)/t11?,13-,16+/m0/s1. The molecular formula is C16H21N3O3. The number of carbonyl (C=O) groups is 2. The molecule has 2 heterocycles. The molecule has 1 aliphatic heterocycles. The number of hydrogen-bond acceptors (Lipinski definition) is 3. The van der Waals surface area contributed by atoms with Crippen LogP contribution in [0.5, 0.6) is 0 Å². The van der Waals surface area contributed by atoms with Gasteiger partial charge < -0.3 is 15.3 Å². The summed E-state index contributed by atoms with van der Waals surface area (Å²) < 4.78 is 0. The molecule has 1 aromatic heterocycles. The highest BCUT2D eigenvalue weighted by molar-refractivity contribution is 5.80. The number of aliphatic carboxylic acids is 1. The Morgan fingerprint density at radius 3 is 3.00 bits per heavy atom. The Morgan fingerprint density at radius 2 is 2.36 bits per heavy atom. The van der Waals surface area contributed by atoms with Gasteiger partial charge in [0.05, 0.1) is 11.5 Å². The van der Waals surface area contributed by atoms with Gasteiger partial charge in [-0.05, 0) is 37.3 Å². The third-order valence-electron chi connectivity index (χ3n) is 5.11. The minimum absolute atomic E-state index is 0.0875. The Hall–Kier alpha value is -2.11. The van der Waals surface area contributed by atoms with Crippen molar-refractivity contribution >= 4 is 12.0 Å². The first-order valence-electron chi connectivity index (χ1n) is 7.72. The highest BCUT2D eigenvalue weighted by Gasteiger charge is 2.55. The van der Waals surface area contributed by atoms with E-state index in [-0.39, 0.29) is 18.0 Å². The predicted molar refractivity (Wildman–Crippen MR) is 80.2 cm³/mol. The number of nitrogens with zero attached hydrogens (tertiary/aromatic N) is 2. The third kappa shape index (κ3) is 2.42. The van der Waals surface area contributed by atoms with E-state index in [9.17, 15) is 14.7 Å². The lowest BCUT2D eigenvalue weighted by molar-refractivity contribution is -0.149. The van der Waals surface area contributed by atoms with Gasteiger partial charge >= 0.3 is 12.0 Å². The summed E-state index contributed by atoms with van der Waals surface area (Å²) in [5, 5.41) is 12.5. The van der Waals surface area contributed by atoms with Gasteiger partial charge in [-0.3, -0.25) is 9.78 Å². The molecule has 1 saturated carbocycles.